The van der Waals surface area contributed by atoms with Gasteiger partial charge in [0, 0.05) is 0 Å². The van der Waals surface area contributed by atoms with Gasteiger partial charge in [0.05, 0.1) is 0 Å². The Hall–Kier alpha value is 2.15. The van der Waals surface area contributed by atoms with Gasteiger partial charge in [-0.05, 0) is 19.0 Å². The second kappa shape index (κ2) is 13.7. The summed E-state index contributed by atoms with van der Waals surface area (Å²) in [5.41, 5.74) is 0. The molecule has 0 aromatic rings. The number of nitrogens with one attached hydrogen (secondary N) is 1. The fraction of sp³-hybridized carbons (Fsp3) is 1.00. The molecule has 0 atom stereocenters. The van der Waals surface area contributed by atoms with E-state index in [9.17, 15) is 0 Å². The number of halogens is 3. The Kier molecular flexibility index (Phi) is 20.1. The fourth-order valence-corrected chi connectivity index (χ4v) is 0.433. The average Bonchev–Trinajstić information content (AvgIpc) is 1.90. The van der Waals surface area contributed by atoms with Crippen molar-refractivity contribution in [2.75, 3.05) is 13.1 Å². The van der Waals surface area contributed by atoms with Crippen LogP contribution in [0, 0.1) is 5.92 Å². The first kappa shape index (κ1) is 14.7. The molecular formula is C6H15I3N-. The third kappa shape index (κ3) is 12.8. The maximum atomic E-state index is 3.16. The van der Waals surface area contributed by atoms with E-state index in [1.807, 2.05) is 13.8 Å². The summed E-state index contributed by atoms with van der Waals surface area (Å²) >= 11 is 5.30. The zero-order valence-corrected chi connectivity index (χ0v) is 13.1. The Morgan fingerprint density at radius 2 is 1.50 bits per heavy atom. The van der Waals surface area contributed by atoms with Crippen LogP contribution in [0.2, 0.25) is 0 Å². The number of hydrogen-bond acceptors (Lipinski definition) is 1. The third-order valence-electron chi connectivity index (χ3n) is 0.986. The molecule has 1 aliphatic heterocycles. The van der Waals surface area contributed by atoms with E-state index in [4.69, 9.17) is 0 Å². The van der Waals surface area contributed by atoms with Gasteiger partial charge in [-0.15, -0.1) is 0 Å². The van der Waals surface area contributed by atoms with Crippen LogP contribution in [0.25, 0.3) is 0 Å². The van der Waals surface area contributed by atoms with Gasteiger partial charge in [0.15, 0.2) is 0 Å². The maximum absolute atomic E-state index is 3.16. The molecule has 4 heteroatoms. The van der Waals surface area contributed by atoms with E-state index in [-0.39, 0.29) is 0 Å². The molecule has 1 heterocycles. The first-order chi connectivity index (χ1) is 4.81. The Balaban J connectivity index is 0. The van der Waals surface area contributed by atoms with E-state index < -0.39 is 0 Å². The van der Waals surface area contributed by atoms with Crippen molar-refractivity contribution in [2.24, 2.45) is 5.92 Å². The Morgan fingerprint density at radius 1 is 1.30 bits per heavy atom. The molecule has 1 saturated heterocycles. The normalized spacial score (nSPS) is 15.7. The van der Waals surface area contributed by atoms with E-state index in [0.717, 1.165) is 5.92 Å². The minimum absolute atomic E-state index is 0.530. The zero-order chi connectivity index (χ0) is 8.41. The van der Waals surface area contributed by atoms with Crippen molar-refractivity contribution in [1.82, 2.24) is 5.32 Å². The van der Waals surface area contributed by atoms with Crippen molar-refractivity contribution in [3.05, 3.63) is 0 Å². The van der Waals surface area contributed by atoms with E-state index >= 15 is 0 Å². The van der Waals surface area contributed by atoms with Crippen LogP contribution in [0.5, 0.6) is 0 Å². The minimum atomic E-state index is 0.530. The van der Waals surface area contributed by atoms with Gasteiger partial charge in [0.25, 0.3) is 0 Å². The van der Waals surface area contributed by atoms with Gasteiger partial charge in [-0.2, -0.15) is 0 Å². The molecule has 0 saturated carbocycles. The molecular weight excluding hydrogens is 467 g/mol. The first-order valence-corrected chi connectivity index (χ1v) is 16.0. The molecule has 1 nitrogen and oxygen atoms in total. The van der Waals surface area contributed by atoms with Crippen LogP contribution in [-0.2, 0) is 0 Å². The van der Waals surface area contributed by atoms with Crippen LogP contribution in [0.1, 0.15) is 20.8 Å². The van der Waals surface area contributed by atoms with E-state index in [1.165, 1.54) is 13.1 Å². The van der Waals surface area contributed by atoms with Crippen molar-refractivity contribution < 1.29 is 13.3 Å². The van der Waals surface area contributed by atoms with Gasteiger partial charge in [0.2, 0.25) is 0 Å². The molecule has 0 aliphatic carbocycles. The molecule has 1 rings (SSSR count). The van der Waals surface area contributed by atoms with Crippen LogP contribution < -0.4 is 18.6 Å². The molecule has 1 aliphatic rings. The fourth-order valence-electron chi connectivity index (χ4n) is 0.433. The topological polar surface area (TPSA) is 12.0 Å². The summed E-state index contributed by atoms with van der Waals surface area (Å²) in [6.45, 7) is 8.72. The predicted molar refractivity (Wildman–Crippen MR) is 61.4 cm³/mol. The standard InChI is InChI=1S/C4H9N.C2H6.I3/c1-4-2-5-3-4;1-2;1-3-2/h4-5H,2-3H2,1H3;1-2H3;/q;;-1. The molecule has 0 radical (unpaired) electrons. The quantitative estimate of drug-likeness (QED) is 0.481. The van der Waals surface area contributed by atoms with E-state index in [1.54, 1.807) is 0 Å². The molecule has 0 aromatic heterocycles. The second-order valence-corrected chi connectivity index (χ2v) is 18.1. The molecule has 0 aromatic carbocycles. The SMILES string of the molecule is CC.CC1CNC1.I[I-]I. The number of hydrogen-bond donors (Lipinski definition) is 1. The van der Waals surface area contributed by atoms with Gasteiger partial charge >= 0.3 is 50.5 Å². The summed E-state index contributed by atoms with van der Waals surface area (Å²) < 4.78 is 0. The van der Waals surface area contributed by atoms with Crippen molar-refractivity contribution >= 4 is 37.2 Å². The van der Waals surface area contributed by atoms with E-state index in [2.05, 4.69) is 49.5 Å². The molecule has 0 amide bonds. The van der Waals surface area contributed by atoms with Gasteiger partial charge < -0.3 is 5.32 Å². The molecule has 1 N–H and O–H groups in total. The van der Waals surface area contributed by atoms with Crippen molar-refractivity contribution in [1.29, 1.82) is 0 Å². The zero-order valence-electron chi connectivity index (χ0n) is 6.63. The Morgan fingerprint density at radius 3 is 1.50 bits per heavy atom. The average molecular weight is 482 g/mol. The molecule has 10 heavy (non-hydrogen) atoms. The molecule has 0 spiro atoms. The summed E-state index contributed by atoms with van der Waals surface area (Å²) in [6, 6.07) is 0. The third-order valence-corrected chi connectivity index (χ3v) is 0.986. The van der Waals surface area contributed by atoms with Crippen LogP contribution >= 0.6 is 37.2 Å². The summed E-state index contributed by atoms with van der Waals surface area (Å²) in [7, 11) is 0. The van der Waals surface area contributed by atoms with E-state index in [0.29, 0.717) is 13.3 Å². The molecule has 1 fully saturated rings. The molecule has 66 valence electrons. The molecule has 0 bridgehead atoms. The Bertz CT molecular complexity index is 48.3. The van der Waals surface area contributed by atoms with Gasteiger partial charge in [-0.25, -0.2) is 0 Å². The van der Waals surface area contributed by atoms with Gasteiger partial charge in [-0.3, -0.25) is 0 Å². The first-order valence-electron chi connectivity index (χ1n) is 3.39. The second-order valence-electron chi connectivity index (χ2n) is 1.82. The summed E-state index contributed by atoms with van der Waals surface area (Å²) in [6.07, 6.45) is 0. The van der Waals surface area contributed by atoms with Gasteiger partial charge in [-0.1, -0.05) is 20.8 Å². The van der Waals surface area contributed by atoms with Crippen LogP contribution in [0.3, 0.4) is 0 Å². The van der Waals surface area contributed by atoms with Gasteiger partial charge in [0.1, 0.15) is 0 Å². The predicted octanol–water partition coefficient (Wildman–Crippen LogP) is 0.0273. The van der Waals surface area contributed by atoms with Crippen molar-refractivity contribution in [3.63, 3.8) is 0 Å². The monoisotopic (exact) mass is 482 g/mol. The summed E-state index contributed by atoms with van der Waals surface area (Å²) in [5.74, 6) is 0.954. The Labute approximate surface area is 94.1 Å². The summed E-state index contributed by atoms with van der Waals surface area (Å²) in [4.78, 5) is 0. The van der Waals surface area contributed by atoms with Crippen LogP contribution in [0.4, 0.5) is 0 Å². The number of rotatable bonds is 0. The van der Waals surface area contributed by atoms with Crippen molar-refractivity contribution in [2.45, 2.75) is 20.8 Å². The molecule has 0 unspecified atom stereocenters. The van der Waals surface area contributed by atoms with Crippen LogP contribution in [0.15, 0.2) is 0 Å². The van der Waals surface area contributed by atoms with Crippen LogP contribution in [-0.4, -0.2) is 13.1 Å². The summed E-state index contributed by atoms with van der Waals surface area (Å²) in [5, 5.41) is 3.16. The van der Waals surface area contributed by atoms with Crippen molar-refractivity contribution in [3.8, 4) is 0 Å².